The average Bonchev–Trinajstić information content (AvgIpc) is 3.18. The lowest BCUT2D eigenvalue weighted by Crippen LogP contribution is -2.08. The second-order valence-corrected chi connectivity index (χ2v) is 7.10. The van der Waals surface area contributed by atoms with Crippen molar-refractivity contribution in [3.63, 3.8) is 0 Å². The summed E-state index contributed by atoms with van der Waals surface area (Å²) in [5.41, 5.74) is 4.00. The predicted molar refractivity (Wildman–Crippen MR) is 115 cm³/mol. The number of methoxy groups -OCH3 is 1. The zero-order valence-corrected chi connectivity index (χ0v) is 17.1. The maximum Gasteiger partial charge on any atom is 0.169 e. The Labute approximate surface area is 178 Å². The van der Waals surface area contributed by atoms with Crippen molar-refractivity contribution in [1.82, 2.24) is 19.7 Å². The van der Waals surface area contributed by atoms with Crippen molar-refractivity contribution >= 4 is 5.57 Å². The fourth-order valence-electron chi connectivity index (χ4n) is 3.12. The van der Waals surface area contributed by atoms with Gasteiger partial charge in [0.2, 0.25) is 0 Å². The molecule has 0 bridgehead atoms. The largest absolute Gasteiger partial charge is 0.499 e. The van der Waals surface area contributed by atoms with Crippen molar-refractivity contribution in [3.05, 3.63) is 96.0 Å². The normalized spacial score (nSPS) is 11.7. The van der Waals surface area contributed by atoms with Crippen molar-refractivity contribution in [2.75, 3.05) is 7.11 Å². The van der Waals surface area contributed by atoms with E-state index < -0.39 is 11.6 Å². The molecule has 0 aliphatic carbocycles. The van der Waals surface area contributed by atoms with Crippen LogP contribution in [0.2, 0.25) is 0 Å². The molecule has 2 aliphatic heterocycles. The van der Waals surface area contributed by atoms with Crippen LogP contribution < -0.4 is 0 Å². The number of fused-ring (bicyclic) bond motifs is 1. The summed E-state index contributed by atoms with van der Waals surface area (Å²) in [6.07, 6.45) is 5.07. The van der Waals surface area contributed by atoms with Crippen molar-refractivity contribution < 1.29 is 13.5 Å². The molecule has 2 aromatic rings. The highest BCUT2D eigenvalue weighted by molar-refractivity contribution is 5.72. The first-order valence-corrected chi connectivity index (χ1v) is 9.59. The molecule has 2 aromatic carbocycles. The molecule has 0 saturated carbocycles. The van der Waals surface area contributed by atoms with E-state index in [1.807, 2.05) is 37.3 Å². The van der Waals surface area contributed by atoms with Crippen LogP contribution in [0, 0.1) is 18.6 Å². The van der Waals surface area contributed by atoms with E-state index in [0.717, 1.165) is 17.2 Å². The number of nitrogens with zero attached hydrogens (tertiary/aromatic N) is 4. The summed E-state index contributed by atoms with van der Waals surface area (Å²) in [4.78, 5) is 8.61. The Kier molecular flexibility index (Phi) is 5.58. The maximum absolute atomic E-state index is 14.1. The van der Waals surface area contributed by atoms with Crippen molar-refractivity contribution in [3.8, 4) is 22.8 Å². The van der Waals surface area contributed by atoms with Crippen LogP contribution in [0.5, 0.6) is 0 Å². The zero-order valence-electron chi connectivity index (χ0n) is 17.1. The SMILES string of the molecule is C=C(/C=C(/Cn1cc2nc(-c3cccc(F)c3F)nc-2cn1)OC)c1ccc(C)cc1. The number of allylic oxidation sites excluding steroid dienone is 3. The number of hydrogen-bond donors (Lipinski definition) is 0. The summed E-state index contributed by atoms with van der Waals surface area (Å²) in [6, 6.07) is 12.0. The Balaban J connectivity index is 1.59. The minimum absolute atomic E-state index is 0.00891. The van der Waals surface area contributed by atoms with E-state index in [-0.39, 0.29) is 11.4 Å². The van der Waals surface area contributed by atoms with E-state index >= 15 is 0 Å². The maximum atomic E-state index is 14.1. The van der Waals surface area contributed by atoms with Gasteiger partial charge in [-0.15, -0.1) is 0 Å². The van der Waals surface area contributed by atoms with Crippen LogP contribution in [0.3, 0.4) is 0 Å². The van der Waals surface area contributed by atoms with E-state index in [1.54, 1.807) is 18.0 Å². The third-order valence-corrected chi connectivity index (χ3v) is 4.84. The number of rotatable bonds is 6. The first-order chi connectivity index (χ1) is 14.9. The Morgan fingerprint density at radius 1 is 1.10 bits per heavy atom. The Morgan fingerprint density at radius 3 is 2.58 bits per heavy atom. The van der Waals surface area contributed by atoms with Gasteiger partial charge in [-0.25, -0.2) is 18.7 Å². The van der Waals surface area contributed by atoms with Gasteiger partial charge in [-0.1, -0.05) is 42.5 Å². The molecule has 156 valence electrons. The minimum atomic E-state index is -0.974. The van der Waals surface area contributed by atoms with E-state index in [2.05, 4.69) is 21.6 Å². The summed E-state index contributed by atoms with van der Waals surface area (Å²) >= 11 is 0. The number of ether oxygens (including phenoxy) is 1. The average molecular weight is 418 g/mol. The van der Waals surface area contributed by atoms with Gasteiger partial charge in [-0.2, -0.15) is 5.10 Å². The molecule has 31 heavy (non-hydrogen) atoms. The molecule has 5 nitrogen and oxygen atoms in total. The summed E-state index contributed by atoms with van der Waals surface area (Å²) < 4.78 is 34.8. The van der Waals surface area contributed by atoms with Gasteiger partial charge in [0.15, 0.2) is 17.5 Å². The van der Waals surface area contributed by atoms with Crippen LogP contribution in [0.15, 0.2) is 73.3 Å². The number of hydrogen-bond acceptors (Lipinski definition) is 4. The zero-order chi connectivity index (χ0) is 22.0. The highest BCUT2D eigenvalue weighted by Gasteiger charge is 2.18. The number of imidazole rings is 1. The van der Waals surface area contributed by atoms with Crippen LogP contribution in [0.1, 0.15) is 11.1 Å². The lowest BCUT2D eigenvalue weighted by molar-refractivity contribution is 0.266. The molecular weight excluding hydrogens is 398 g/mol. The molecule has 0 amide bonds. The summed E-state index contributed by atoms with van der Waals surface area (Å²) in [6.45, 7) is 6.48. The lowest BCUT2D eigenvalue weighted by Gasteiger charge is -2.11. The second kappa shape index (κ2) is 8.47. The van der Waals surface area contributed by atoms with Gasteiger partial charge in [0.1, 0.15) is 17.1 Å². The Bertz CT molecular complexity index is 1240. The monoisotopic (exact) mass is 418 g/mol. The van der Waals surface area contributed by atoms with Gasteiger partial charge >= 0.3 is 0 Å². The Morgan fingerprint density at radius 2 is 1.84 bits per heavy atom. The van der Waals surface area contributed by atoms with E-state index in [4.69, 9.17) is 4.74 Å². The standard InChI is InChI=1S/C24H20F2N4O/c1-15-7-9-17(10-8-15)16(2)11-18(31-3)13-30-14-22-21(12-27-30)28-24(29-22)19-5-4-6-20(25)23(19)26/h4-12,14H,2,13H2,1,3H3/b18-11-. The van der Waals surface area contributed by atoms with Crippen LogP contribution in [0.25, 0.3) is 28.3 Å². The van der Waals surface area contributed by atoms with E-state index in [1.165, 1.54) is 23.9 Å². The number of aryl methyl sites for hydroxylation is 1. The van der Waals surface area contributed by atoms with Gasteiger partial charge in [0.25, 0.3) is 0 Å². The molecule has 0 aromatic heterocycles. The fourth-order valence-corrected chi connectivity index (χ4v) is 3.12. The van der Waals surface area contributed by atoms with E-state index in [0.29, 0.717) is 23.7 Å². The van der Waals surface area contributed by atoms with Gasteiger partial charge < -0.3 is 4.74 Å². The van der Waals surface area contributed by atoms with Crippen molar-refractivity contribution in [2.24, 2.45) is 0 Å². The first-order valence-electron chi connectivity index (χ1n) is 9.59. The molecule has 7 heteroatoms. The quantitative estimate of drug-likeness (QED) is 0.316. The number of benzene rings is 2. The van der Waals surface area contributed by atoms with Crippen molar-refractivity contribution in [1.29, 1.82) is 0 Å². The predicted octanol–water partition coefficient (Wildman–Crippen LogP) is 5.28. The Hall–Kier alpha value is -3.87. The van der Waals surface area contributed by atoms with E-state index in [9.17, 15) is 8.78 Å². The van der Waals surface area contributed by atoms with Gasteiger partial charge in [0.05, 0.1) is 31.6 Å². The fraction of sp³-hybridized carbons (Fsp3) is 0.125. The molecule has 0 fully saturated rings. The highest BCUT2D eigenvalue weighted by atomic mass is 19.2. The third kappa shape index (κ3) is 4.35. The molecule has 0 unspecified atom stereocenters. The molecule has 0 saturated heterocycles. The lowest BCUT2D eigenvalue weighted by atomic mass is 10.1. The molecular formula is C24H20F2N4O. The summed E-state index contributed by atoms with van der Waals surface area (Å²) in [7, 11) is 1.58. The van der Waals surface area contributed by atoms with Crippen molar-refractivity contribution in [2.45, 2.75) is 13.5 Å². The topological polar surface area (TPSA) is 52.8 Å². The summed E-state index contributed by atoms with van der Waals surface area (Å²) in [5, 5.41) is 4.33. The molecule has 4 rings (SSSR count). The van der Waals surface area contributed by atoms with Gasteiger partial charge in [-0.05, 0) is 36.3 Å². The summed E-state index contributed by atoms with van der Waals surface area (Å²) in [5.74, 6) is -1.15. The van der Waals surface area contributed by atoms with Crippen LogP contribution in [-0.2, 0) is 11.3 Å². The second-order valence-electron chi connectivity index (χ2n) is 7.10. The van der Waals surface area contributed by atoms with Crippen LogP contribution in [0.4, 0.5) is 8.78 Å². The molecule has 2 heterocycles. The van der Waals surface area contributed by atoms with Crippen LogP contribution >= 0.6 is 0 Å². The number of aromatic nitrogens is 4. The first kappa shape index (κ1) is 20.4. The molecule has 0 N–H and O–H groups in total. The van der Waals surface area contributed by atoms with Crippen LogP contribution in [-0.4, -0.2) is 26.9 Å². The molecule has 0 radical (unpaired) electrons. The highest BCUT2D eigenvalue weighted by Crippen LogP contribution is 2.27. The smallest absolute Gasteiger partial charge is 0.169 e. The third-order valence-electron chi connectivity index (χ3n) is 4.84. The number of halogens is 2. The molecule has 0 spiro atoms. The van der Waals surface area contributed by atoms with Gasteiger partial charge in [-0.3, -0.25) is 4.68 Å². The minimum Gasteiger partial charge on any atom is -0.499 e. The molecule has 2 aliphatic rings. The van der Waals surface area contributed by atoms with Gasteiger partial charge in [0, 0.05) is 0 Å². The molecule has 0 atom stereocenters.